The Morgan fingerprint density at radius 1 is 1.35 bits per heavy atom. The van der Waals surface area contributed by atoms with Gasteiger partial charge in [0.1, 0.15) is 0 Å². The second-order valence-corrected chi connectivity index (χ2v) is 9.75. The molecule has 0 spiro atoms. The highest BCUT2D eigenvalue weighted by molar-refractivity contribution is 7.90. The second-order valence-electron chi connectivity index (χ2n) is 7.53. The molecule has 3 aliphatic rings. The Balaban J connectivity index is 1.33. The van der Waals surface area contributed by atoms with Crippen LogP contribution in [0.4, 0.5) is 0 Å². The third kappa shape index (κ3) is 3.77. The monoisotopic (exact) mass is 379 g/mol. The molecule has 0 bridgehead atoms. The van der Waals surface area contributed by atoms with E-state index >= 15 is 0 Å². The molecule has 0 unspecified atom stereocenters. The SMILES string of the molecule is O=C(NCc1cccnc1)[C@@H]1CO[C@@H]2CCN(S(=O)(=O)C3CC3)C[C@@H]2C1. The van der Waals surface area contributed by atoms with Crippen molar-refractivity contribution in [3.05, 3.63) is 30.1 Å². The van der Waals surface area contributed by atoms with Gasteiger partial charge in [-0.2, -0.15) is 0 Å². The molecule has 1 N–H and O–H groups in total. The van der Waals surface area contributed by atoms with Crippen molar-refractivity contribution >= 4 is 15.9 Å². The van der Waals surface area contributed by atoms with Gasteiger partial charge < -0.3 is 10.1 Å². The van der Waals surface area contributed by atoms with Crippen LogP contribution in [0, 0.1) is 11.8 Å². The highest BCUT2D eigenvalue weighted by Crippen LogP contribution is 2.37. The topological polar surface area (TPSA) is 88.6 Å². The Morgan fingerprint density at radius 3 is 2.92 bits per heavy atom. The second kappa shape index (κ2) is 7.25. The molecule has 1 aliphatic carbocycles. The lowest BCUT2D eigenvalue weighted by molar-refractivity contribution is -0.137. The molecule has 3 atom stereocenters. The minimum Gasteiger partial charge on any atom is -0.377 e. The van der Waals surface area contributed by atoms with Crippen LogP contribution >= 0.6 is 0 Å². The van der Waals surface area contributed by atoms with Gasteiger partial charge in [0.25, 0.3) is 0 Å². The number of piperidine rings is 1. The Bertz CT molecular complexity index is 751. The van der Waals surface area contributed by atoms with Crippen LogP contribution in [0.2, 0.25) is 0 Å². The molecular formula is C18H25N3O4S. The molecule has 142 valence electrons. The molecule has 2 aliphatic heterocycles. The van der Waals surface area contributed by atoms with Crippen LogP contribution in [0.25, 0.3) is 0 Å². The highest BCUT2D eigenvalue weighted by Gasteiger charge is 2.45. The van der Waals surface area contributed by atoms with Crippen molar-refractivity contribution in [1.82, 2.24) is 14.6 Å². The number of aromatic nitrogens is 1. The van der Waals surface area contributed by atoms with Gasteiger partial charge in [-0.05, 0) is 43.2 Å². The third-order valence-corrected chi connectivity index (χ3v) is 7.96. The summed E-state index contributed by atoms with van der Waals surface area (Å²) in [5.41, 5.74) is 0.954. The van der Waals surface area contributed by atoms with E-state index in [1.165, 1.54) is 0 Å². The predicted octanol–water partition coefficient (Wildman–Crippen LogP) is 0.917. The number of nitrogens with zero attached hydrogens (tertiary/aromatic N) is 2. The first-order valence-corrected chi connectivity index (χ1v) is 10.8. The van der Waals surface area contributed by atoms with E-state index in [1.807, 2.05) is 12.1 Å². The first-order valence-electron chi connectivity index (χ1n) is 9.31. The lowest BCUT2D eigenvalue weighted by Gasteiger charge is -2.42. The zero-order chi connectivity index (χ0) is 18.1. The minimum atomic E-state index is -3.15. The lowest BCUT2D eigenvalue weighted by atomic mass is 9.84. The summed E-state index contributed by atoms with van der Waals surface area (Å²) < 4.78 is 32.5. The van der Waals surface area contributed by atoms with Crippen LogP contribution in [0.5, 0.6) is 0 Å². The van der Waals surface area contributed by atoms with Crippen LogP contribution in [0.15, 0.2) is 24.5 Å². The number of amides is 1. The summed E-state index contributed by atoms with van der Waals surface area (Å²) in [6, 6.07) is 3.76. The number of pyridine rings is 1. The van der Waals surface area contributed by atoms with Crippen molar-refractivity contribution in [2.24, 2.45) is 11.8 Å². The fraction of sp³-hybridized carbons (Fsp3) is 0.667. The molecule has 1 amide bonds. The summed E-state index contributed by atoms with van der Waals surface area (Å²) >= 11 is 0. The van der Waals surface area contributed by atoms with E-state index in [2.05, 4.69) is 10.3 Å². The molecule has 3 heterocycles. The predicted molar refractivity (Wildman–Crippen MR) is 95.6 cm³/mol. The maximum atomic E-state index is 12.5. The normalized spacial score (nSPS) is 29.8. The van der Waals surface area contributed by atoms with Gasteiger partial charge in [0, 0.05) is 32.0 Å². The van der Waals surface area contributed by atoms with Crippen molar-refractivity contribution in [1.29, 1.82) is 0 Å². The number of nitrogens with one attached hydrogen (secondary N) is 1. The van der Waals surface area contributed by atoms with Crippen LogP contribution in [0.3, 0.4) is 0 Å². The Kier molecular flexibility index (Phi) is 4.98. The fourth-order valence-electron chi connectivity index (χ4n) is 3.92. The Hall–Kier alpha value is -1.51. The molecule has 1 aromatic heterocycles. The van der Waals surface area contributed by atoms with Crippen LogP contribution in [0.1, 0.15) is 31.2 Å². The van der Waals surface area contributed by atoms with E-state index in [9.17, 15) is 13.2 Å². The van der Waals surface area contributed by atoms with Gasteiger partial charge >= 0.3 is 0 Å². The van der Waals surface area contributed by atoms with E-state index in [0.29, 0.717) is 32.7 Å². The van der Waals surface area contributed by atoms with Crippen LogP contribution in [-0.4, -0.2) is 54.7 Å². The summed E-state index contributed by atoms with van der Waals surface area (Å²) in [5, 5.41) is 2.76. The first kappa shape index (κ1) is 17.9. The zero-order valence-electron chi connectivity index (χ0n) is 14.7. The van der Waals surface area contributed by atoms with Gasteiger partial charge in [0.2, 0.25) is 15.9 Å². The quantitative estimate of drug-likeness (QED) is 0.822. The molecule has 1 aromatic rings. The molecule has 0 radical (unpaired) electrons. The van der Waals surface area contributed by atoms with Gasteiger partial charge in [-0.3, -0.25) is 9.78 Å². The highest BCUT2D eigenvalue weighted by atomic mass is 32.2. The van der Waals surface area contributed by atoms with E-state index in [4.69, 9.17) is 4.74 Å². The number of rotatable bonds is 5. The van der Waals surface area contributed by atoms with Crippen molar-refractivity contribution in [3.63, 3.8) is 0 Å². The molecular weight excluding hydrogens is 354 g/mol. The number of sulfonamides is 1. The number of fused-ring (bicyclic) bond motifs is 1. The average molecular weight is 379 g/mol. The largest absolute Gasteiger partial charge is 0.377 e. The molecule has 8 heteroatoms. The summed E-state index contributed by atoms with van der Waals surface area (Å²) in [7, 11) is -3.15. The summed E-state index contributed by atoms with van der Waals surface area (Å²) in [5.74, 6) is -0.161. The van der Waals surface area contributed by atoms with E-state index < -0.39 is 10.0 Å². The van der Waals surface area contributed by atoms with E-state index in [-0.39, 0.29) is 29.1 Å². The number of ether oxygens (including phenoxy) is 1. The molecule has 26 heavy (non-hydrogen) atoms. The zero-order valence-corrected chi connectivity index (χ0v) is 15.5. The minimum absolute atomic E-state index is 0.0329. The summed E-state index contributed by atoms with van der Waals surface area (Å²) in [6.45, 7) is 1.88. The smallest absolute Gasteiger partial charge is 0.225 e. The van der Waals surface area contributed by atoms with Crippen molar-refractivity contribution in [2.45, 2.75) is 43.6 Å². The van der Waals surface area contributed by atoms with Crippen molar-refractivity contribution in [3.8, 4) is 0 Å². The van der Waals surface area contributed by atoms with Gasteiger partial charge in [-0.25, -0.2) is 12.7 Å². The molecule has 7 nitrogen and oxygen atoms in total. The summed E-state index contributed by atoms with van der Waals surface area (Å²) in [4.78, 5) is 16.5. The molecule has 1 saturated carbocycles. The van der Waals surface area contributed by atoms with Gasteiger partial charge in [-0.1, -0.05) is 6.07 Å². The number of carbonyl (C=O) groups excluding carboxylic acids is 1. The lowest BCUT2D eigenvalue weighted by Crippen LogP contribution is -2.52. The van der Waals surface area contributed by atoms with Crippen LogP contribution < -0.4 is 5.32 Å². The van der Waals surface area contributed by atoms with E-state index in [1.54, 1.807) is 16.7 Å². The average Bonchev–Trinajstić information content (AvgIpc) is 3.52. The maximum Gasteiger partial charge on any atom is 0.225 e. The third-order valence-electron chi connectivity index (χ3n) is 5.59. The van der Waals surface area contributed by atoms with Crippen molar-refractivity contribution < 1.29 is 17.9 Å². The Morgan fingerprint density at radius 2 is 2.19 bits per heavy atom. The van der Waals surface area contributed by atoms with Crippen LogP contribution in [-0.2, 0) is 26.1 Å². The summed E-state index contributed by atoms with van der Waals surface area (Å²) in [6.07, 6.45) is 6.47. The number of hydrogen-bond acceptors (Lipinski definition) is 5. The standard InChI is InChI=1S/C18H25N3O4S/c22-18(20-10-13-2-1-6-19-9-13)15-8-14-11-21(7-5-17(14)25-12-15)26(23,24)16-3-4-16/h1-2,6,9,14-17H,3-5,7-8,10-12H2,(H,20,22)/t14-,15-,17+/m0/s1. The van der Waals surface area contributed by atoms with Gasteiger partial charge in [0.05, 0.1) is 23.9 Å². The maximum absolute atomic E-state index is 12.5. The van der Waals surface area contributed by atoms with Crippen molar-refractivity contribution in [2.75, 3.05) is 19.7 Å². The van der Waals surface area contributed by atoms with E-state index in [0.717, 1.165) is 24.8 Å². The molecule has 4 rings (SSSR count). The molecule has 2 saturated heterocycles. The first-order chi connectivity index (χ1) is 12.5. The fourth-order valence-corrected chi connectivity index (χ4v) is 5.84. The molecule has 3 fully saturated rings. The van der Waals surface area contributed by atoms with Gasteiger partial charge in [-0.15, -0.1) is 0 Å². The number of carbonyl (C=O) groups is 1. The molecule has 0 aromatic carbocycles. The number of hydrogen-bond donors (Lipinski definition) is 1. The van der Waals surface area contributed by atoms with Gasteiger partial charge in [0.15, 0.2) is 0 Å². The Labute approximate surface area is 154 Å².